The summed E-state index contributed by atoms with van der Waals surface area (Å²) in [5.74, 6) is 0.653. The van der Waals surface area contributed by atoms with Crippen LogP contribution in [0.2, 0.25) is 0 Å². The number of anilines is 2. The number of hydrogen-bond acceptors (Lipinski definition) is 5. The molecule has 1 aromatic heterocycles. The molecule has 0 unspecified atom stereocenters. The number of aliphatic carboxylic acids is 1. The number of hydrogen-bond donors (Lipinski definition) is 1. The Balaban J connectivity index is 1.56. The van der Waals surface area contributed by atoms with Crippen molar-refractivity contribution in [1.29, 1.82) is 0 Å². The van der Waals surface area contributed by atoms with Gasteiger partial charge in [-0.05, 0) is 48.7 Å². The number of nitrogens with zero attached hydrogens (tertiary/aromatic N) is 3. The number of rotatable bonds is 10. The first-order valence-electron chi connectivity index (χ1n) is 9.25. The lowest BCUT2D eigenvalue weighted by molar-refractivity contribution is -0.137. The minimum absolute atomic E-state index is 0.190. The van der Waals surface area contributed by atoms with Gasteiger partial charge in [0.2, 0.25) is 5.95 Å². The molecule has 6 heteroatoms. The van der Waals surface area contributed by atoms with Crippen molar-refractivity contribution in [1.82, 2.24) is 9.97 Å². The predicted molar refractivity (Wildman–Crippen MR) is 108 cm³/mol. The number of carboxylic acids is 1. The molecule has 3 rings (SSSR count). The summed E-state index contributed by atoms with van der Waals surface area (Å²) >= 11 is 0. The number of carboxylic acid groups (broad SMARTS) is 1. The summed E-state index contributed by atoms with van der Waals surface area (Å²) in [6.45, 7) is 1.08. The summed E-state index contributed by atoms with van der Waals surface area (Å²) in [4.78, 5) is 21.3. The van der Waals surface area contributed by atoms with Gasteiger partial charge in [-0.3, -0.25) is 4.79 Å². The molecule has 0 aliphatic rings. The predicted octanol–water partition coefficient (Wildman–Crippen LogP) is 4.10. The maximum atomic E-state index is 10.6. The molecule has 28 heavy (non-hydrogen) atoms. The third-order valence-electron chi connectivity index (χ3n) is 4.22. The molecule has 0 atom stereocenters. The van der Waals surface area contributed by atoms with E-state index in [-0.39, 0.29) is 6.42 Å². The zero-order valence-electron chi connectivity index (χ0n) is 15.6. The minimum Gasteiger partial charge on any atom is -0.492 e. The zero-order valence-corrected chi connectivity index (χ0v) is 15.6. The van der Waals surface area contributed by atoms with Crippen LogP contribution in [-0.4, -0.2) is 34.2 Å². The molecule has 6 nitrogen and oxygen atoms in total. The highest BCUT2D eigenvalue weighted by Gasteiger charge is 2.11. The van der Waals surface area contributed by atoms with Crippen LogP contribution in [-0.2, 0) is 11.2 Å². The Bertz CT molecular complexity index is 816. The van der Waals surface area contributed by atoms with Crippen molar-refractivity contribution in [3.05, 3.63) is 78.6 Å². The van der Waals surface area contributed by atoms with Crippen LogP contribution in [0.3, 0.4) is 0 Å². The molecular weight excluding hydrogens is 354 g/mol. The SMILES string of the molecule is O=C(O)CCCc1ccc(OCCN(c2ccccc2)c2ncccn2)cc1. The lowest BCUT2D eigenvalue weighted by Gasteiger charge is -2.22. The van der Waals surface area contributed by atoms with Crippen LogP contribution >= 0.6 is 0 Å². The summed E-state index contributed by atoms with van der Waals surface area (Å²) in [6, 6.07) is 19.6. The van der Waals surface area contributed by atoms with E-state index >= 15 is 0 Å². The van der Waals surface area contributed by atoms with Crippen molar-refractivity contribution < 1.29 is 14.6 Å². The molecular formula is C22H23N3O3. The number of carbonyl (C=O) groups is 1. The van der Waals surface area contributed by atoms with E-state index in [1.807, 2.05) is 59.5 Å². The van der Waals surface area contributed by atoms with Crippen molar-refractivity contribution in [3.8, 4) is 5.75 Å². The Labute approximate surface area is 164 Å². The maximum Gasteiger partial charge on any atom is 0.303 e. The third-order valence-corrected chi connectivity index (χ3v) is 4.22. The summed E-state index contributed by atoms with van der Waals surface area (Å²) in [7, 11) is 0. The fraction of sp³-hybridized carbons (Fsp3) is 0.227. The number of ether oxygens (including phenoxy) is 1. The largest absolute Gasteiger partial charge is 0.492 e. The number of benzene rings is 2. The number of aromatic nitrogens is 2. The summed E-state index contributed by atoms with van der Waals surface area (Å²) < 4.78 is 5.89. The van der Waals surface area contributed by atoms with Gasteiger partial charge in [0.25, 0.3) is 0 Å². The summed E-state index contributed by atoms with van der Waals surface area (Å²) in [6.07, 6.45) is 5.03. The topological polar surface area (TPSA) is 75.6 Å². The van der Waals surface area contributed by atoms with E-state index in [9.17, 15) is 4.79 Å². The first-order chi connectivity index (χ1) is 13.7. The molecule has 0 saturated carbocycles. The second-order valence-electron chi connectivity index (χ2n) is 6.28. The van der Waals surface area contributed by atoms with Crippen LogP contribution in [0.15, 0.2) is 73.1 Å². The normalized spacial score (nSPS) is 10.4. The van der Waals surface area contributed by atoms with E-state index in [0.717, 1.165) is 23.4 Å². The van der Waals surface area contributed by atoms with Crippen molar-refractivity contribution in [3.63, 3.8) is 0 Å². The second-order valence-corrected chi connectivity index (χ2v) is 6.28. The molecule has 1 N–H and O–H groups in total. The molecule has 2 aromatic carbocycles. The highest BCUT2D eigenvalue weighted by Crippen LogP contribution is 2.21. The molecule has 0 radical (unpaired) electrons. The van der Waals surface area contributed by atoms with Crippen LogP contribution in [0.1, 0.15) is 18.4 Å². The van der Waals surface area contributed by atoms with Gasteiger partial charge in [0.15, 0.2) is 0 Å². The number of aryl methyl sites for hydroxylation is 1. The van der Waals surface area contributed by atoms with Gasteiger partial charge in [0.1, 0.15) is 12.4 Å². The highest BCUT2D eigenvalue weighted by atomic mass is 16.5. The molecule has 0 spiro atoms. The zero-order chi connectivity index (χ0) is 19.6. The van der Waals surface area contributed by atoms with E-state index in [4.69, 9.17) is 9.84 Å². The van der Waals surface area contributed by atoms with E-state index in [1.54, 1.807) is 18.5 Å². The smallest absolute Gasteiger partial charge is 0.303 e. The van der Waals surface area contributed by atoms with Crippen molar-refractivity contribution >= 4 is 17.6 Å². The molecule has 0 amide bonds. The van der Waals surface area contributed by atoms with Crippen molar-refractivity contribution in [2.75, 3.05) is 18.1 Å². The summed E-state index contributed by atoms with van der Waals surface area (Å²) in [5.41, 5.74) is 2.11. The third kappa shape index (κ3) is 5.81. The average molecular weight is 377 g/mol. The highest BCUT2D eigenvalue weighted by molar-refractivity contribution is 5.66. The average Bonchev–Trinajstić information content (AvgIpc) is 2.73. The molecule has 0 aliphatic carbocycles. The molecule has 3 aromatic rings. The van der Waals surface area contributed by atoms with E-state index in [1.165, 1.54) is 0 Å². The second kappa shape index (κ2) is 10.1. The van der Waals surface area contributed by atoms with Gasteiger partial charge in [-0.2, -0.15) is 0 Å². The quantitative estimate of drug-likeness (QED) is 0.573. The van der Waals surface area contributed by atoms with Crippen molar-refractivity contribution in [2.45, 2.75) is 19.3 Å². The van der Waals surface area contributed by atoms with Crippen molar-refractivity contribution in [2.24, 2.45) is 0 Å². The minimum atomic E-state index is -0.759. The molecule has 0 aliphatic heterocycles. The maximum absolute atomic E-state index is 10.6. The van der Waals surface area contributed by atoms with Gasteiger partial charge < -0.3 is 14.7 Å². The van der Waals surface area contributed by atoms with E-state index in [0.29, 0.717) is 25.5 Å². The fourth-order valence-corrected chi connectivity index (χ4v) is 2.83. The van der Waals surface area contributed by atoms with Gasteiger partial charge in [0, 0.05) is 24.5 Å². The van der Waals surface area contributed by atoms with Gasteiger partial charge in [-0.25, -0.2) is 9.97 Å². The Hall–Kier alpha value is -3.41. The van der Waals surface area contributed by atoms with Gasteiger partial charge in [0.05, 0.1) is 6.54 Å². The van der Waals surface area contributed by atoms with Gasteiger partial charge >= 0.3 is 5.97 Å². The summed E-state index contributed by atoms with van der Waals surface area (Å²) in [5, 5.41) is 8.71. The van der Waals surface area contributed by atoms with Crippen LogP contribution in [0.4, 0.5) is 11.6 Å². The lowest BCUT2D eigenvalue weighted by atomic mass is 10.1. The Morgan fingerprint density at radius 1 is 0.964 bits per heavy atom. The Kier molecular flexibility index (Phi) is 6.95. The molecule has 1 heterocycles. The van der Waals surface area contributed by atoms with Crippen LogP contribution in [0, 0.1) is 0 Å². The fourth-order valence-electron chi connectivity index (χ4n) is 2.83. The molecule has 0 saturated heterocycles. The van der Waals surface area contributed by atoms with Gasteiger partial charge in [-0.15, -0.1) is 0 Å². The van der Waals surface area contributed by atoms with Crippen LogP contribution in [0.5, 0.6) is 5.75 Å². The van der Waals surface area contributed by atoms with Gasteiger partial charge in [-0.1, -0.05) is 30.3 Å². The Morgan fingerprint density at radius 3 is 2.36 bits per heavy atom. The first kappa shape index (κ1) is 19.4. The molecule has 144 valence electrons. The van der Waals surface area contributed by atoms with Crippen LogP contribution < -0.4 is 9.64 Å². The lowest BCUT2D eigenvalue weighted by Crippen LogP contribution is -2.25. The number of para-hydroxylation sites is 1. The first-order valence-corrected chi connectivity index (χ1v) is 9.25. The molecule has 0 bridgehead atoms. The van der Waals surface area contributed by atoms with E-state index < -0.39 is 5.97 Å². The van der Waals surface area contributed by atoms with Crippen LogP contribution in [0.25, 0.3) is 0 Å². The molecule has 0 fully saturated rings. The standard InChI is InChI=1S/C22H23N3O3/c26-21(27)9-4-6-18-10-12-20(13-11-18)28-17-16-25(19-7-2-1-3-8-19)22-23-14-5-15-24-22/h1-3,5,7-8,10-15H,4,6,9,16-17H2,(H,26,27). The monoisotopic (exact) mass is 377 g/mol. The Morgan fingerprint density at radius 2 is 1.68 bits per heavy atom. The van der Waals surface area contributed by atoms with E-state index in [2.05, 4.69) is 9.97 Å².